The Morgan fingerprint density at radius 2 is 1.62 bits per heavy atom. The van der Waals surface area contributed by atoms with Crippen LogP contribution in [-0.2, 0) is 0 Å². The van der Waals surface area contributed by atoms with Crippen molar-refractivity contribution in [2.45, 2.75) is 6.92 Å². The summed E-state index contributed by atoms with van der Waals surface area (Å²) in [6.45, 7) is 1.87. The lowest BCUT2D eigenvalue weighted by Gasteiger charge is -2.13. The third-order valence-corrected chi connectivity index (χ3v) is 4.03. The average molecular weight is 338 g/mol. The van der Waals surface area contributed by atoms with Crippen LogP contribution in [0.1, 0.15) is 15.9 Å². The smallest absolute Gasteiger partial charge is 0.259 e. The molecule has 0 heterocycles. The fraction of sp³-hybridized carbons (Fsp3) is 0.0500. The van der Waals surface area contributed by atoms with Crippen molar-refractivity contribution in [3.63, 3.8) is 0 Å². The second-order valence-electron chi connectivity index (χ2n) is 5.28. The van der Waals surface area contributed by atoms with Crippen LogP contribution < -0.4 is 10.1 Å². The molecule has 0 bridgehead atoms. The monoisotopic (exact) mass is 337 g/mol. The van der Waals surface area contributed by atoms with E-state index in [2.05, 4.69) is 5.32 Å². The molecule has 0 saturated carbocycles. The van der Waals surface area contributed by atoms with Crippen molar-refractivity contribution in [1.29, 1.82) is 0 Å². The van der Waals surface area contributed by atoms with E-state index < -0.39 is 0 Å². The molecule has 0 aliphatic heterocycles. The van der Waals surface area contributed by atoms with Gasteiger partial charge in [-0.15, -0.1) is 0 Å². The van der Waals surface area contributed by atoms with E-state index >= 15 is 0 Å². The number of carbonyl (C=O) groups is 1. The second kappa shape index (κ2) is 7.20. The Morgan fingerprint density at radius 1 is 0.917 bits per heavy atom. The molecule has 3 rings (SSSR count). The first-order valence-electron chi connectivity index (χ1n) is 7.53. The van der Waals surface area contributed by atoms with Gasteiger partial charge < -0.3 is 10.1 Å². The Hall–Kier alpha value is -2.78. The summed E-state index contributed by atoms with van der Waals surface area (Å²) >= 11 is 6.11. The molecule has 1 amide bonds. The Labute approximate surface area is 145 Å². The zero-order valence-electron chi connectivity index (χ0n) is 13.1. The first kappa shape index (κ1) is 16.1. The molecule has 0 unspecified atom stereocenters. The van der Waals surface area contributed by atoms with Gasteiger partial charge >= 0.3 is 0 Å². The van der Waals surface area contributed by atoms with Gasteiger partial charge in [-0.25, -0.2) is 0 Å². The standard InChI is InChI=1S/C20H16ClNO2/c1-14-17(21)11-7-12-18(14)22-20(23)16-10-5-6-13-19(16)24-15-8-3-2-4-9-15/h2-13H,1H3,(H,22,23). The molecule has 0 saturated heterocycles. The number of rotatable bonds is 4. The van der Waals surface area contributed by atoms with Gasteiger partial charge in [-0.1, -0.05) is 48.0 Å². The van der Waals surface area contributed by atoms with Crippen molar-refractivity contribution in [3.8, 4) is 11.5 Å². The lowest BCUT2D eigenvalue weighted by molar-refractivity contribution is 0.102. The van der Waals surface area contributed by atoms with Gasteiger partial charge in [0.15, 0.2) is 0 Å². The van der Waals surface area contributed by atoms with Crippen LogP contribution in [0.15, 0.2) is 72.8 Å². The van der Waals surface area contributed by atoms with Gasteiger partial charge in [0.25, 0.3) is 5.91 Å². The minimum Gasteiger partial charge on any atom is -0.457 e. The zero-order chi connectivity index (χ0) is 16.9. The van der Waals surface area contributed by atoms with Gasteiger partial charge in [0.2, 0.25) is 0 Å². The summed E-state index contributed by atoms with van der Waals surface area (Å²) in [5.41, 5.74) is 1.97. The molecular weight excluding hydrogens is 322 g/mol. The third-order valence-electron chi connectivity index (χ3n) is 3.62. The van der Waals surface area contributed by atoms with Gasteiger partial charge in [0.05, 0.1) is 5.56 Å². The molecule has 0 aliphatic carbocycles. The summed E-state index contributed by atoms with van der Waals surface area (Å²) < 4.78 is 5.84. The lowest BCUT2D eigenvalue weighted by atomic mass is 10.1. The highest BCUT2D eigenvalue weighted by Crippen LogP contribution is 2.27. The summed E-state index contributed by atoms with van der Waals surface area (Å²) in [5, 5.41) is 3.50. The van der Waals surface area contributed by atoms with Crippen molar-refractivity contribution in [2.75, 3.05) is 5.32 Å². The van der Waals surface area contributed by atoms with Crippen LogP contribution in [0.5, 0.6) is 11.5 Å². The van der Waals surface area contributed by atoms with E-state index in [0.29, 0.717) is 27.8 Å². The zero-order valence-corrected chi connectivity index (χ0v) is 13.9. The quantitative estimate of drug-likeness (QED) is 0.663. The number of hydrogen-bond donors (Lipinski definition) is 1. The van der Waals surface area contributed by atoms with Crippen LogP contribution in [0.4, 0.5) is 5.69 Å². The number of anilines is 1. The van der Waals surface area contributed by atoms with Gasteiger partial charge in [0, 0.05) is 10.7 Å². The third kappa shape index (κ3) is 3.58. The molecule has 3 aromatic rings. The van der Waals surface area contributed by atoms with E-state index in [1.807, 2.05) is 49.4 Å². The van der Waals surface area contributed by atoms with E-state index in [1.54, 1.807) is 30.3 Å². The molecule has 120 valence electrons. The van der Waals surface area contributed by atoms with Crippen LogP contribution in [0.3, 0.4) is 0 Å². The summed E-state index contributed by atoms with van der Waals surface area (Å²) in [6, 6.07) is 21.9. The van der Waals surface area contributed by atoms with Crippen molar-refractivity contribution in [2.24, 2.45) is 0 Å². The summed E-state index contributed by atoms with van der Waals surface area (Å²) in [4.78, 5) is 12.7. The molecule has 0 aliphatic rings. The molecular formula is C20H16ClNO2. The Bertz CT molecular complexity index is 863. The summed E-state index contributed by atoms with van der Waals surface area (Å²) in [5.74, 6) is 0.935. The van der Waals surface area contributed by atoms with Crippen LogP contribution in [0.25, 0.3) is 0 Å². The highest BCUT2D eigenvalue weighted by atomic mass is 35.5. The number of benzene rings is 3. The van der Waals surface area contributed by atoms with Crippen LogP contribution in [-0.4, -0.2) is 5.91 Å². The number of amides is 1. The predicted octanol–water partition coefficient (Wildman–Crippen LogP) is 5.69. The molecule has 0 spiro atoms. The van der Waals surface area contributed by atoms with Crippen molar-refractivity contribution in [1.82, 2.24) is 0 Å². The molecule has 0 aromatic heterocycles. The normalized spacial score (nSPS) is 10.2. The Kier molecular flexibility index (Phi) is 4.82. The summed E-state index contributed by atoms with van der Waals surface area (Å²) in [6.07, 6.45) is 0. The topological polar surface area (TPSA) is 38.3 Å². The maximum atomic E-state index is 12.7. The fourth-order valence-corrected chi connectivity index (χ4v) is 2.47. The van der Waals surface area contributed by atoms with E-state index in [1.165, 1.54) is 0 Å². The first-order chi connectivity index (χ1) is 11.6. The molecule has 4 heteroatoms. The molecule has 0 fully saturated rings. The average Bonchev–Trinajstić information content (AvgIpc) is 2.60. The number of carbonyl (C=O) groups excluding carboxylic acids is 1. The van der Waals surface area contributed by atoms with Crippen LogP contribution >= 0.6 is 11.6 Å². The molecule has 0 radical (unpaired) electrons. The van der Waals surface area contributed by atoms with Crippen molar-refractivity contribution in [3.05, 3.63) is 88.9 Å². The van der Waals surface area contributed by atoms with Gasteiger partial charge in [-0.2, -0.15) is 0 Å². The number of halogens is 1. The van der Waals surface area contributed by atoms with E-state index in [-0.39, 0.29) is 5.91 Å². The minimum atomic E-state index is -0.244. The number of nitrogens with one attached hydrogen (secondary N) is 1. The molecule has 0 atom stereocenters. The van der Waals surface area contributed by atoms with E-state index in [9.17, 15) is 4.79 Å². The Morgan fingerprint density at radius 3 is 2.42 bits per heavy atom. The number of para-hydroxylation sites is 2. The first-order valence-corrected chi connectivity index (χ1v) is 7.91. The second-order valence-corrected chi connectivity index (χ2v) is 5.68. The molecule has 24 heavy (non-hydrogen) atoms. The van der Waals surface area contributed by atoms with Gasteiger partial charge in [0.1, 0.15) is 11.5 Å². The largest absolute Gasteiger partial charge is 0.457 e. The van der Waals surface area contributed by atoms with Crippen LogP contribution in [0, 0.1) is 6.92 Å². The summed E-state index contributed by atoms with van der Waals surface area (Å²) in [7, 11) is 0. The number of hydrogen-bond acceptors (Lipinski definition) is 2. The molecule has 3 aromatic carbocycles. The number of ether oxygens (including phenoxy) is 1. The van der Waals surface area contributed by atoms with Crippen molar-refractivity contribution < 1.29 is 9.53 Å². The fourth-order valence-electron chi connectivity index (χ4n) is 2.29. The van der Waals surface area contributed by atoms with Crippen molar-refractivity contribution >= 4 is 23.2 Å². The highest BCUT2D eigenvalue weighted by Gasteiger charge is 2.14. The predicted molar refractivity (Wildman–Crippen MR) is 97.1 cm³/mol. The molecule has 3 nitrogen and oxygen atoms in total. The van der Waals surface area contributed by atoms with E-state index in [0.717, 1.165) is 5.56 Å². The maximum Gasteiger partial charge on any atom is 0.259 e. The lowest BCUT2D eigenvalue weighted by Crippen LogP contribution is -2.13. The molecule has 1 N–H and O–H groups in total. The van der Waals surface area contributed by atoms with Gasteiger partial charge in [-0.3, -0.25) is 4.79 Å². The SMILES string of the molecule is Cc1c(Cl)cccc1NC(=O)c1ccccc1Oc1ccccc1. The Balaban J connectivity index is 1.86. The van der Waals surface area contributed by atoms with E-state index in [4.69, 9.17) is 16.3 Å². The van der Waals surface area contributed by atoms with Crippen LogP contribution in [0.2, 0.25) is 5.02 Å². The minimum absolute atomic E-state index is 0.244. The highest BCUT2D eigenvalue weighted by molar-refractivity contribution is 6.31. The maximum absolute atomic E-state index is 12.7. The van der Waals surface area contributed by atoms with Gasteiger partial charge in [-0.05, 0) is 48.9 Å².